The minimum absolute atomic E-state index is 0.00687. The van der Waals surface area contributed by atoms with Gasteiger partial charge in [0, 0.05) is 71.4 Å². The summed E-state index contributed by atoms with van der Waals surface area (Å²) in [6.07, 6.45) is 3.46. The third-order valence-corrected chi connectivity index (χ3v) is 20.8. The molecule has 0 bridgehead atoms. The summed E-state index contributed by atoms with van der Waals surface area (Å²) in [5, 5.41) is 2.61. The van der Waals surface area contributed by atoms with Crippen LogP contribution in [0.25, 0.3) is 20.2 Å². The molecule has 0 N–H and O–H groups in total. The molecule has 3 heterocycles. The lowest BCUT2D eigenvalue weighted by molar-refractivity contribution is 0.332. The van der Waals surface area contributed by atoms with Gasteiger partial charge in [0.2, 0.25) is 0 Å². The van der Waals surface area contributed by atoms with E-state index in [0.29, 0.717) is 0 Å². The molecule has 13 rings (SSSR count). The van der Waals surface area contributed by atoms with Crippen LogP contribution in [0.4, 0.5) is 51.2 Å². The van der Waals surface area contributed by atoms with E-state index in [1.165, 1.54) is 128 Å². The normalized spacial score (nSPS) is 17.4. The molecular formula is C76H84BN3S. The Hall–Kier alpha value is -6.56. The Labute approximate surface area is 489 Å². The first-order valence-corrected chi connectivity index (χ1v) is 30.9. The van der Waals surface area contributed by atoms with Gasteiger partial charge in [-0.2, -0.15) is 0 Å². The summed E-state index contributed by atoms with van der Waals surface area (Å²) in [4.78, 5) is 7.93. The molecule has 1 aromatic heterocycles. The SMILES string of the molecule is Cc1cc2c(cc1N1c3cc4c(cc3B3c5ccc(N(c6ccc(C(C)(C)C)cc6)c6ccc(C(C)(C)C)cc6)cc5N(c5ccc6sc7ccccc7c6c5)c5cc(C(C)(C)C)cc1c53)C(C)(C)CC4(C)C)C(C)(C)CCC2(C)C. The first kappa shape index (κ1) is 53.7. The molecule has 0 fully saturated rings. The molecule has 0 saturated heterocycles. The fourth-order valence-corrected chi connectivity index (χ4v) is 16.1. The van der Waals surface area contributed by atoms with E-state index < -0.39 is 0 Å². The number of hydrogen-bond acceptors (Lipinski definition) is 4. The van der Waals surface area contributed by atoms with Gasteiger partial charge >= 0.3 is 0 Å². The van der Waals surface area contributed by atoms with E-state index in [1.807, 2.05) is 11.3 Å². The average molecular weight is 1080 g/mol. The summed E-state index contributed by atoms with van der Waals surface area (Å²) >= 11 is 1.89. The largest absolute Gasteiger partial charge is 0.311 e. The van der Waals surface area contributed by atoms with Crippen molar-refractivity contribution in [2.24, 2.45) is 0 Å². The molecule has 0 amide bonds. The van der Waals surface area contributed by atoms with Gasteiger partial charge in [-0.15, -0.1) is 11.3 Å². The van der Waals surface area contributed by atoms with Crippen molar-refractivity contribution in [3.8, 4) is 0 Å². The second-order valence-electron chi connectivity index (χ2n) is 30.6. The molecule has 0 atom stereocenters. The fraction of sp³-hybridized carbons (Fsp3) is 0.368. The van der Waals surface area contributed by atoms with Crippen LogP contribution >= 0.6 is 11.3 Å². The van der Waals surface area contributed by atoms with Gasteiger partial charge in [0.25, 0.3) is 6.71 Å². The topological polar surface area (TPSA) is 9.72 Å². The second kappa shape index (κ2) is 17.7. The van der Waals surface area contributed by atoms with Crippen LogP contribution in [0.5, 0.6) is 0 Å². The van der Waals surface area contributed by atoms with Crippen molar-refractivity contribution < 1.29 is 0 Å². The van der Waals surface area contributed by atoms with Gasteiger partial charge in [0.1, 0.15) is 0 Å². The predicted octanol–water partition coefficient (Wildman–Crippen LogP) is 20.1. The van der Waals surface area contributed by atoms with Crippen LogP contribution in [0.15, 0.2) is 146 Å². The molecule has 0 saturated carbocycles. The summed E-state index contributed by atoms with van der Waals surface area (Å²) in [7, 11) is 0. The minimum atomic E-state index is -0.162. The molecular weight excluding hydrogens is 998 g/mol. The molecule has 3 nitrogen and oxygen atoms in total. The van der Waals surface area contributed by atoms with Crippen molar-refractivity contribution in [2.45, 2.75) is 182 Å². The third-order valence-electron chi connectivity index (χ3n) is 19.7. The van der Waals surface area contributed by atoms with Gasteiger partial charge in [-0.3, -0.25) is 0 Å². The highest BCUT2D eigenvalue weighted by atomic mass is 32.1. The van der Waals surface area contributed by atoms with Crippen LogP contribution in [-0.4, -0.2) is 6.71 Å². The summed E-state index contributed by atoms with van der Waals surface area (Å²) < 4.78 is 2.63. The van der Waals surface area contributed by atoms with Gasteiger partial charge in [0.05, 0.1) is 0 Å². The molecule has 0 spiro atoms. The molecule has 4 aliphatic rings. The minimum Gasteiger partial charge on any atom is -0.311 e. The number of benzene rings is 8. The van der Waals surface area contributed by atoms with E-state index in [0.717, 1.165) is 23.5 Å². The lowest BCUT2D eigenvalue weighted by Crippen LogP contribution is -2.61. The Bertz CT molecular complexity index is 3990. The number of nitrogens with zero attached hydrogens (tertiary/aromatic N) is 3. The van der Waals surface area contributed by atoms with Crippen molar-refractivity contribution in [1.82, 2.24) is 0 Å². The van der Waals surface area contributed by atoms with Crippen LogP contribution in [0.2, 0.25) is 0 Å². The van der Waals surface area contributed by atoms with E-state index >= 15 is 0 Å². The van der Waals surface area contributed by atoms with Gasteiger partial charge in [-0.05, 0) is 210 Å². The molecule has 81 heavy (non-hydrogen) atoms. The van der Waals surface area contributed by atoms with Crippen molar-refractivity contribution in [1.29, 1.82) is 0 Å². The highest BCUT2D eigenvalue weighted by Gasteiger charge is 2.49. The highest BCUT2D eigenvalue weighted by molar-refractivity contribution is 7.25. The maximum Gasteiger partial charge on any atom is 0.252 e. The van der Waals surface area contributed by atoms with E-state index in [9.17, 15) is 0 Å². The van der Waals surface area contributed by atoms with E-state index in [-0.39, 0.29) is 44.6 Å². The number of hydrogen-bond donors (Lipinski definition) is 0. The lowest BCUT2D eigenvalue weighted by atomic mass is 9.33. The molecule has 412 valence electrons. The smallest absolute Gasteiger partial charge is 0.252 e. The van der Waals surface area contributed by atoms with Crippen LogP contribution in [-0.2, 0) is 37.9 Å². The molecule has 0 radical (unpaired) electrons. The fourth-order valence-electron chi connectivity index (χ4n) is 15.0. The summed E-state index contributed by atoms with van der Waals surface area (Å²) in [5.41, 5.74) is 26.4. The quantitative estimate of drug-likeness (QED) is 0.159. The average Bonchev–Trinajstić information content (AvgIpc) is 3.91. The van der Waals surface area contributed by atoms with Crippen molar-refractivity contribution in [2.75, 3.05) is 14.7 Å². The van der Waals surface area contributed by atoms with E-state index in [1.54, 1.807) is 0 Å². The first-order chi connectivity index (χ1) is 37.9. The summed E-state index contributed by atoms with van der Waals surface area (Å²) in [5.74, 6) is 0. The molecule has 8 aromatic carbocycles. The standard InChI is InChI=1S/C76H84BN3S/c1-46-37-56-58(74(13,14)36-35-73(56,11)12)43-62(46)80-64-44-59-57(75(15,16)45-76(59,17)18)42-61(64)77-60-33-31-53(78(50-27-23-47(24-28-50)70(2,3)4)51-29-25-48(26-30-51)71(5,6)7)41-63(60)79(65-38-49(72(8,9)10)39-66(80)69(65)77)52-32-34-68-55(40-52)54-21-19-20-22-67(54)81-68/h19-34,37-44H,35-36,45H2,1-18H3. The lowest BCUT2D eigenvalue weighted by Gasteiger charge is -2.47. The maximum absolute atomic E-state index is 2.76. The van der Waals surface area contributed by atoms with Crippen LogP contribution in [0, 0.1) is 6.92 Å². The Morgan fingerprint density at radius 3 is 1.51 bits per heavy atom. The van der Waals surface area contributed by atoms with E-state index in [4.69, 9.17) is 0 Å². The highest BCUT2D eigenvalue weighted by Crippen LogP contribution is 2.56. The van der Waals surface area contributed by atoms with E-state index in [2.05, 4.69) is 285 Å². The monoisotopic (exact) mass is 1080 g/mol. The predicted molar refractivity (Wildman–Crippen MR) is 355 cm³/mol. The number of anilines is 9. The number of fused-ring (bicyclic) bond motifs is 9. The third kappa shape index (κ3) is 8.55. The van der Waals surface area contributed by atoms with Gasteiger partial charge in [0.15, 0.2) is 0 Å². The Morgan fingerprint density at radius 1 is 0.420 bits per heavy atom. The zero-order valence-corrected chi connectivity index (χ0v) is 52.6. The molecule has 2 aliphatic carbocycles. The molecule has 9 aromatic rings. The number of aryl methyl sites for hydroxylation is 1. The summed E-state index contributed by atoms with van der Waals surface area (Å²) in [6.45, 7) is 43.3. The van der Waals surface area contributed by atoms with Gasteiger partial charge in [-0.1, -0.05) is 178 Å². The number of thiophene rings is 1. The second-order valence-corrected chi connectivity index (χ2v) is 31.7. The van der Waals surface area contributed by atoms with Gasteiger partial charge < -0.3 is 14.7 Å². The van der Waals surface area contributed by atoms with Crippen molar-refractivity contribution in [3.05, 3.63) is 190 Å². The Morgan fingerprint density at radius 2 is 0.914 bits per heavy atom. The first-order valence-electron chi connectivity index (χ1n) is 30.1. The summed E-state index contributed by atoms with van der Waals surface area (Å²) in [6, 6.07) is 58.2. The van der Waals surface area contributed by atoms with Crippen molar-refractivity contribution >= 4 is 106 Å². The van der Waals surface area contributed by atoms with Gasteiger partial charge in [-0.25, -0.2) is 0 Å². The Balaban J connectivity index is 1.14. The zero-order chi connectivity index (χ0) is 57.5. The number of rotatable bonds is 5. The molecule has 0 unspecified atom stereocenters. The molecule has 2 aliphatic heterocycles. The Kier molecular flexibility index (Phi) is 11.8. The maximum atomic E-state index is 2.76. The molecule has 5 heteroatoms. The van der Waals surface area contributed by atoms with Crippen LogP contribution in [0.3, 0.4) is 0 Å². The van der Waals surface area contributed by atoms with Crippen molar-refractivity contribution in [3.63, 3.8) is 0 Å². The van der Waals surface area contributed by atoms with Crippen LogP contribution in [0.1, 0.15) is 181 Å². The van der Waals surface area contributed by atoms with Crippen LogP contribution < -0.4 is 31.1 Å². The zero-order valence-electron chi connectivity index (χ0n) is 51.8.